The Hall–Kier alpha value is -2.44. The van der Waals surface area contributed by atoms with E-state index in [-0.39, 0.29) is 0 Å². The molecule has 0 amide bonds. The molecule has 1 N–H and O–H groups in total. The molecule has 8 heteroatoms. The summed E-state index contributed by atoms with van der Waals surface area (Å²) in [6, 6.07) is 11.1. The summed E-state index contributed by atoms with van der Waals surface area (Å²) in [4.78, 5) is 0. The molecule has 3 rings (SSSR count). The summed E-state index contributed by atoms with van der Waals surface area (Å²) in [7, 11) is 1.59. The van der Waals surface area contributed by atoms with Crippen LogP contribution in [0.5, 0.6) is 11.5 Å². The average molecular weight is 379 g/mol. The van der Waals surface area contributed by atoms with Crippen LogP contribution in [-0.2, 0) is 13.2 Å². The van der Waals surface area contributed by atoms with Gasteiger partial charge in [-0.3, -0.25) is 0 Å². The number of nitrogens with zero attached hydrogens (tertiary/aromatic N) is 3. The molecule has 0 aliphatic rings. The summed E-state index contributed by atoms with van der Waals surface area (Å²) in [5, 5.41) is 8.67. The van der Waals surface area contributed by atoms with Crippen molar-refractivity contribution in [1.82, 2.24) is 14.9 Å². The minimum absolute atomic E-state index is 0.324. The molecular formula is C17H16Cl2N4O2. The molecule has 1 heterocycles. The first-order valence-electron chi connectivity index (χ1n) is 7.48. The zero-order chi connectivity index (χ0) is 17.6. The highest BCUT2D eigenvalue weighted by atomic mass is 35.5. The molecule has 2 aromatic carbocycles. The molecule has 0 saturated heterocycles. The van der Waals surface area contributed by atoms with Crippen molar-refractivity contribution in [3.63, 3.8) is 0 Å². The Morgan fingerprint density at radius 1 is 1.00 bits per heavy atom. The van der Waals surface area contributed by atoms with E-state index in [9.17, 15) is 0 Å². The van der Waals surface area contributed by atoms with Gasteiger partial charge in [-0.25, -0.2) is 4.68 Å². The smallest absolute Gasteiger partial charge is 0.163 e. The number of benzene rings is 2. The van der Waals surface area contributed by atoms with Crippen LogP contribution in [0.2, 0.25) is 10.0 Å². The molecule has 0 radical (unpaired) electrons. The fraction of sp³-hybridized carbons (Fsp3) is 0.176. The van der Waals surface area contributed by atoms with E-state index in [1.165, 1.54) is 0 Å². The van der Waals surface area contributed by atoms with E-state index in [0.29, 0.717) is 34.7 Å². The highest BCUT2D eigenvalue weighted by molar-refractivity contribution is 6.31. The lowest BCUT2D eigenvalue weighted by molar-refractivity contribution is 0.284. The summed E-state index contributed by atoms with van der Waals surface area (Å²) >= 11 is 12.5. The lowest BCUT2D eigenvalue weighted by Gasteiger charge is -2.15. The molecule has 3 aromatic rings. The number of nitrogens with one attached hydrogen (secondary N) is 1. The first-order chi connectivity index (χ1) is 12.2. The van der Waals surface area contributed by atoms with Crippen LogP contribution in [0.3, 0.4) is 0 Å². The van der Waals surface area contributed by atoms with Crippen LogP contribution in [0.1, 0.15) is 11.1 Å². The van der Waals surface area contributed by atoms with Crippen LogP contribution >= 0.6 is 23.2 Å². The largest absolute Gasteiger partial charge is 0.493 e. The van der Waals surface area contributed by atoms with Gasteiger partial charge >= 0.3 is 0 Å². The molecule has 0 fully saturated rings. The van der Waals surface area contributed by atoms with E-state index in [4.69, 9.17) is 32.7 Å². The normalized spacial score (nSPS) is 10.5. The maximum absolute atomic E-state index is 6.37. The number of methoxy groups -OCH3 is 1. The summed E-state index contributed by atoms with van der Waals surface area (Å²) < 4.78 is 12.9. The summed E-state index contributed by atoms with van der Waals surface area (Å²) in [5.41, 5.74) is 4.86. The highest BCUT2D eigenvalue weighted by Crippen LogP contribution is 2.34. The standard InChI is InChI=1S/C17H16Cl2N4O2/c1-24-16-6-13(8-22-23-10-20-21-11-23)15(19)7-17(16)25-9-12-4-2-3-5-14(12)18/h2-7,10-11,22H,8-9H2,1H3. The number of halogens is 2. The molecule has 130 valence electrons. The SMILES string of the molecule is COc1cc(CNn2cnnc2)c(Cl)cc1OCc1ccccc1Cl. The molecule has 0 bridgehead atoms. The van der Waals surface area contributed by atoms with Gasteiger partial charge in [0.1, 0.15) is 19.3 Å². The first-order valence-corrected chi connectivity index (χ1v) is 8.24. The minimum Gasteiger partial charge on any atom is -0.493 e. The lowest BCUT2D eigenvalue weighted by Crippen LogP contribution is -2.12. The van der Waals surface area contributed by atoms with Crippen molar-refractivity contribution >= 4 is 23.2 Å². The molecule has 0 unspecified atom stereocenters. The Balaban J connectivity index is 1.73. The van der Waals surface area contributed by atoms with Crippen molar-refractivity contribution in [3.8, 4) is 11.5 Å². The van der Waals surface area contributed by atoms with E-state index in [0.717, 1.165) is 11.1 Å². The van der Waals surface area contributed by atoms with E-state index in [2.05, 4.69) is 15.6 Å². The van der Waals surface area contributed by atoms with Crippen LogP contribution in [0.25, 0.3) is 0 Å². The topological polar surface area (TPSA) is 61.2 Å². The van der Waals surface area contributed by atoms with Crippen molar-refractivity contribution in [2.45, 2.75) is 13.2 Å². The predicted molar refractivity (Wildman–Crippen MR) is 96.9 cm³/mol. The molecule has 0 aliphatic heterocycles. The Morgan fingerprint density at radius 2 is 1.76 bits per heavy atom. The third-order valence-corrected chi connectivity index (χ3v) is 4.27. The second-order valence-corrected chi connectivity index (χ2v) is 5.99. The zero-order valence-electron chi connectivity index (χ0n) is 13.4. The molecule has 0 atom stereocenters. The van der Waals surface area contributed by atoms with Gasteiger partial charge in [-0.2, -0.15) is 0 Å². The Kier molecular flexibility index (Phi) is 5.63. The molecule has 6 nitrogen and oxygen atoms in total. The summed E-state index contributed by atoms with van der Waals surface area (Å²) in [5.74, 6) is 1.15. The van der Waals surface area contributed by atoms with Crippen molar-refractivity contribution in [1.29, 1.82) is 0 Å². The van der Waals surface area contributed by atoms with E-state index in [1.807, 2.05) is 30.3 Å². The maximum Gasteiger partial charge on any atom is 0.163 e. The van der Waals surface area contributed by atoms with E-state index in [1.54, 1.807) is 30.5 Å². The van der Waals surface area contributed by atoms with Crippen molar-refractivity contribution in [2.24, 2.45) is 0 Å². The zero-order valence-corrected chi connectivity index (χ0v) is 15.0. The Labute approximate surface area is 155 Å². The fourth-order valence-electron chi connectivity index (χ4n) is 2.21. The van der Waals surface area contributed by atoms with Gasteiger partial charge < -0.3 is 14.9 Å². The van der Waals surface area contributed by atoms with Gasteiger partial charge in [-0.15, -0.1) is 10.2 Å². The van der Waals surface area contributed by atoms with E-state index < -0.39 is 0 Å². The van der Waals surface area contributed by atoms with E-state index >= 15 is 0 Å². The van der Waals surface area contributed by atoms with Gasteiger partial charge in [0.05, 0.1) is 13.7 Å². The quantitative estimate of drug-likeness (QED) is 0.674. The maximum atomic E-state index is 6.37. The third-order valence-electron chi connectivity index (χ3n) is 3.54. The Morgan fingerprint density at radius 3 is 2.48 bits per heavy atom. The van der Waals surface area contributed by atoms with Crippen LogP contribution < -0.4 is 14.9 Å². The van der Waals surface area contributed by atoms with Gasteiger partial charge in [-0.1, -0.05) is 41.4 Å². The van der Waals surface area contributed by atoms with Gasteiger partial charge in [0.25, 0.3) is 0 Å². The highest BCUT2D eigenvalue weighted by Gasteiger charge is 2.12. The molecule has 0 saturated carbocycles. The number of hydrogen-bond acceptors (Lipinski definition) is 5. The molecule has 1 aromatic heterocycles. The van der Waals surface area contributed by atoms with Gasteiger partial charge in [0.15, 0.2) is 11.5 Å². The second kappa shape index (κ2) is 8.09. The van der Waals surface area contributed by atoms with Crippen LogP contribution in [0.4, 0.5) is 0 Å². The Bertz CT molecular complexity index is 841. The monoisotopic (exact) mass is 378 g/mol. The van der Waals surface area contributed by atoms with Crippen molar-refractivity contribution in [3.05, 3.63) is 70.2 Å². The molecule has 0 aliphatic carbocycles. The van der Waals surface area contributed by atoms with Crippen molar-refractivity contribution in [2.75, 3.05) is 12.5 Å². The summed E-state index contributed by atoms with van der Waals surface area (Å²) in [6.45, 7) is 0.808. The van der Waals surface area contributed by atoms with Crippen LogP contribution in [0, 0.1) is 0 Å². The fourth-order valence-corrected chi connectivity index (χ4v) is 2.63. The van der Waals surface area contributed by atoms with Crippen LogP contribution in [0.15, 0.2) is 49.1 Å². The average Bonchev–Trinajstić information content (AvgIpc) is 3.13. The molecule has 25 heavy (non-hydrogen) atoms. The number of rotatable bonds is 7. The van der Waals surface area contributed by atoms with Gasteiger partial charge in [0.2, 0.25) is 0 Å². The van der Waals surface area contributed by atoms with Crippen LogP contribution in [-0.4, -0.2) is 22.0 Å². The first kappa shape index (κ1) is 17.4. The lowest BCUT2D eigenvalue weighted by atomic mass is 10.2. The molecular weight excluding hydrogens is 363 g/mol. The number of hydrogen-bond donors (Lipinski definition) is 1. The number of aromatic nitrogens is 3. The number of ether oxygens (including phenoxy) is 2. The third kappa shape index (κ3) is 4.35. The predicted octanol–water partition coefficient (Wildman–Crippen LogP) is 3.92. The van der Waals surface area contributed by atoms with Gasteiger partial charge in [-0.05, 0) is 17.7 Å². The minimum atomic E-state index is 0.324. The second-order valence-electron chi connectivity index (χ2n) is 5.18. The molecule has 0 spiro atoms. The summed E-state index contributed by atoms with van der Waals surface area (Å²) in [6.07, 6.45) is 3.12. The van der Waals surface area contributed by atoms with Crippen molar-refractivity contribution < 1.29 is 9.47 Å². The van der Waals surface area contributed by atoms with Gasteiger partial charge in [0, 0.05) is 21.7 Å².